The van der Waals surface area contributed by atoms with Crippen LogP contribution < -0.4 is 10.6 Å². The molecule has 1 heterocycles. The van der Waals surface area contributed by atoms with E-state index in [1.165, 1.54) is 12.1 Å². The van der Waals surface area contributed by atoms with Gasteiger partial charge in [-0.15, -0.1) is 0 Å². The second-order valence-electron chi connectivity index (χ2n) is 4.11. The summed E-state index contributed by atoms with van der Waals surface area (Å²) < 4.78 is 33.2. The highest BCUT2D eigenvalue weighted by Gasteiger charge is 2.19. The van der Waals surface area contributed by atoms with Crippen molar-refractivity contribution in [3.05, 3.63) is 29.3 Å². The van der Waals surface area contributed by atoms with Crippen LogP contribution in [-0.2, 0) is 4.74 Å². The molecule has 0 aliphatic carbocycles. The van der Waals surface area contributed by atoms with E-state index in [2.05, 4.69) is 0 Å². The van der Waals surface area contributed by atoms with E-state index in [4.69, 9.17) is 22.7 Å². The Morgan fingerprint density at radius 2 is 1.89 bits per heavy atom. The lowest BCUT2D eigenvalue weighted by molar-refractivity contribution is 0.152. The van der Waals surface area contributed by atoms with E-state index in [-0.39, 0.29) is 16.2 Å². The van der Waals surface area contributed by atoms with Crippen LogP contribution in [-0.4, -0.2) is 31.3 Å². The molecule has 0 bridgehead atoms. The highest BCUT2D eigenvalue weighted by atomic mass is 32.1. The van der Waals surface area contributed by atoms with E-state index >= 15 is 0 Å². The van der Waals surface area contributed by atoms with Crippen LogP contribution in [0.1, 0.15) is 12.0 Å². The van der Waals surface area contributed by atoms with E-state index in [1.54, 1.807) is 4.90 Å². The third-order valence-corrected chi connectivity index (χ3v) is 3.08. The monoisotopic (exact) mass is 272 g/mol. The Morgan fingerprint density at radius 1 is 1.22 bits per heavy atom. The minimum atomic E-state index is -0.639. The van der Waals surface area contributed by atoms with E-state index < -0.39 is 11.6 Å². The molecule has 1 fully saturated rings. The summed E-state index contributed by atoms with van der Waals surface area (Å²) in [6.45, 7) is 2.13. The van der Waals surface area contributed by atoms with E-state index in [9.17, 15) is 8.78 Å². The van der Waals surface area contributed by atoms with Gasteiger partial charge in [-0.1, -0.05) is 12.2 Å². The molecular formula is C12H14F2N2OS. The first-order valence-corrected chi connectivity index (χ1v) is 6.12. The summed E-state index contributed by atoms with van der Waals surface area (Å²) in [4.78, 5) is 1.64. The molecule has 0 aromatic heterocycles. The summed E-state index contributed by atoms with van der Waals surface area (Å²) >= 11 is 4.71. The smallest absolute Gasteiger partial charge is 0.150 e. The van der Waals surface area contributed by atoms with Crippen molar-refractivity contribution in [3.63, 3.8) is 0 Å². The molecule has 0 amide bonds. The number of hydrogen-bond acceptors (Lipinski definition) is 3. The Balaban J connectivity index is 2.34. The van der Waals surface area contributed by atoms with Crippen molar-refractivity contribution in [2.24, 2.45) is 5.73 Å². The molecular weight excluding hydrogens is 258 g/mol. The number of halogens is 2. The second-order valence-corrected chi connectivity index (χ2v) is 4.55. The number of benzene rings is 1. The Morgan fingerprint density at radius 3 is 2.50 bits per heavy atom. The number of anilines is 1. The van der Waals surface area contributed by atoms with Crippen LogP contribution >= 0.6 is 12.2 Å². The van der Waals surface area contributed by atoms with Crippen molar-refractivity contribution in [2.75, 3.05) is 31.2 Å². The van der Waals surface area contributed by atoms with E-state index in [1.807, 2.05) is 0 Å². The van der Waals surface area contributed by atoms with Gasteiger partial charge in [-0.05, 0) is 18.6 Å². The molecule has 0 spiro atoms. The first-order chi connectivity index (χ1) is 8.59. The molecule has 18 heavy (non-hydrogen) atoms. The average molecular weight is 272 g/mol. The van der Waals surface area contributed by atoms with Gasteiger partial charge in [0.05, 0.1) is 6.61 Å². The standard InChI is InChI=1S/C12H14F2N2OS/c13-9-6-8(12(15)18)7-10(14)11(9)16-2-1-4-17-5-3-16/h6-7H,1-5H2,(H2,15,18). The zero-order chi connectivity index (χ0) is 13.1. The predicted octanol–water partition coefficient (Wildman–Crippen LogP) is 1.83. The fraction of sp³-hybridized carbons (Fsp3) is 0.417. The van der Waals surface area contributed by atoms with Crippen LogP contribution in [0.15, 0.2) is 12.1 Å². The maximum Gasteiger partial charge on any atom is 0.150 e. The lowest BCUT2D eigenvalue weighted by Crippen LogP contribution is -2.28. The van der Waals surface area contributed by atoms with Crippen LogP contribution in [0.5, 0.6) is 0 Å². The molecule has 2 N–H and O–H groups in total. The molecule has 98 valence electrons. The maximum atomic E-state index is 14.0. The van der Waals surface area contributed by atoms with Gasteiger partial charge in [-0.2, -0.15) is 0 Å². The van der Waals surface area contributed by atoms with Crippen LogP contribution in [0, 0.1) is 11.6 Å². The lowest BCUT2D eigenvalue weighted by Gasteiger charge is -2.23. The summed E-state index contributed by atoms with van der Waals surface area (Å²) in [7, 11) is 0. The Bertz CT molecular complexity index is 436. The fourth-order valence-corrected chi connectivity index (χ4v) is 2.10. The Kier molecular flexibility index (Phi) is 4.08. The zero-order valence-corrected chi connectivity index (χ0v) is 10.6. The number of hydrogen-bond donors (Lipinski definition) is 1. The minimum Gasteiger partial charge on any atom is -0.389 e. The zero-order valence-electron chi connectivity index (χ0n) is 9.79. The molecule has 2 rings (SSSR count). The molecule has 1 aromatic rings. The molecule has 3 nitrogen and oxygen atoms in total. The average Bonchev–Trinajstić information content (AvgIpc) is 2.57. The van der Waals surface area contributed by atoms with Crippen molar-refractivity contribution >= 4 is 22.9 Å². The topological polar surface area (TPSA) is 38.5 Å². The highest BCUT2D eigenvalue weighted by molar-refractivity contribution is 7.80. The summed E-state index contributed by atoms with van der Waals surface area (Å²) in [5.41, 5.74) is 5.55. The third kappa shape index (κ3) is 2.76. The Labute approximate surface area is 110 Å². The lowest BCUT2D eigenvalue weighted by atomic mass is 10.1. The van der Waals surface area contributed by atoms with Gasteiger partial charge in [-0.3, -0.25) is 0 Å². The van der Waals surface area contributed by atoms with E-state index in [0.717, 1.165) is 6.42 Å². The Hall–Kier alpha value is -1.27. The van der Waals surface area contributed by atoms with Gasteiger partial charge in [0, 0.05) is 25.3 Å². The van der Waals surface area contributed by atoms with Crippen LogP contribution in [0.2, 0.25) is 0 Å². The van der Waals surface area contributed by atoms with E-state index in [0.29, 0.717) is 26.3 Å². The van der Waals surface area contributed by atoms with Crippen molar-refractivity contribution in [3.8, 4) is 0 Å². The van der Waals surface area contributed by atoms with Crippen molar-refractivity contribution in [1.82, 2.24) is 0 Å². The first-order valence-electron chi connectivity index (χ1n) is 5.71. The molecule has 0 radical (unpaired) electrons. The quantitative estimate of drug-likeness (QED) is 0.834. The van der Waals surface area contributed by atoms with Crippen LogP contribution in [0.25, 0.3) is 0 Å². The van der Waals surface area contributed by atoms with Gasteiger partial charge >= 0.3 is 0 Å². The molecule has 0 unspecified atom stereocenters. The number of rotatable bonds is 2. The van der Waals surface area contributed by atoms with Gasteiger partial charge in [0.15, 0.2) is 0 Å². The summed E-state index contributed by atoms with van der Waals surface area (Å²) in [5.74, 6) is -1.28. The second kappa shape index (κ2) is 5.58. The fourth-order valence-electron chi connectivity index (χ4n) is 1.98. The van der Waals surface area contributed by atoms with Gasteiger partial charge in [0.25, 0.3) is 0 Å². The van der Waals surface area contributed by atoms with Gasteiger partial charge in [-0.25, -0.2) is 8.78 Å². The largest absolute Gasteiger partial charge is 0.389 e. The predicted molar refractivity (Wildman–Crippen MR) is 69.9 cm³/mol. The van der Waals surface area contributed by atoms with Crippen molar-refractivity contribution in [2.45, 2.75) is 6.42 Å². The number of nitrogens with zero attached hydrogens (tertiary/aromatic N) is 1. The number of ether oxygens (including phenoxy) is 1. The SMILES string of the molecule is NC(=S)c1cc(F)c(N2CCCOCC2)c(F)c1. The van der Waals surface area contributed by atoms with Crippen molar-refractivity contribution < 1.29 is 13.5 Å². The normalized spacial score (nSPS) is 16.4. The van der Waals surface area contributed by atoms with Gasteiger partial charge in [0.1, 0.15) is 22.3 Å². The molecule has 1 aromatic carbocycles. The summed E-state index contributed by atoms with van der Waals surface area (Å²) in [6, 6.07) is 2.35. The first kappa shape index (κ1) is 13.2. The molecule has 0 atom stereocenters. The third-order valence-electron chi connectivity index (χ3n) is 2.84. The summed E-state index contributed by atoms with van der Waals surface area (Å²) in [5, 5.41) is 0. The summed E-state index contributed by atoms with van der Waals surface area (Å²) in [6.07, 6.45) is 0.746. The molecule has 0 saturated carbocycles. The van der Waals surface area contributed by atoms with Gasteiger partial charge < -0.3 is 15.4 Å². The van der Waals surface area contributed by atoms with Gasteiger partial charge in [0.2, 0.25) is 0 Å². The number of thiocarbonyl (C=S) groups is 1. The maximum absolute atomic E-state index is 14.0. The molecule has 1 aliphatic rings. The van der Waals surface area contributed by atoms with Crippen molar-refractivity contribution in [1.29, 1.82) is 0 Å². The van der Waals surface area contributed by atoms with Crippen LogP contribution in [0.4, 0.5) is 14.5 Å². The minimum absolute atomic E-state index is 0.0152. The van der Waals surface area contributed by atoms with Crippen LogP contribution in [0.3, 0.4) is 0 Å². The highest BCUT2D eigenvalue weighted by Crippen LogP contribution is 2.25. The molecule has 1 aliphatic heterocycles. The molecule has 1 saturated heterocycles. The number of nitrogens with two attached hydrogens (primary N) is 1. The molecule has 6 heteroatoms.